The normalized spacial score (nSPS) is 11.4. The number of hydrazine groups is 1. The fourth-order valence-corrected chi connectivity index (χ4v) is 1.57. The van der Waals surface area contributed by atoms with Crippen LogP contribution in [0.4, 0.5) is 4.39 Å². The van der Waals surface area contributed by atoms with E-state index in [9.17, 15) is 9.18 Å². The van der Waals surface area contributed by atoms with Gasteiger partial charge >= 0.3 is 0 Å². The third-order valence-corrected chi connectivity index (χ3v) is 2.35. The van der Waals surface area contributed by atoms with Gasteiger partial charge in [0.1, 0.15) is 5.82 Å². The van der Waals surface area contributed by atoms with E-state index in [0.717, 1.165) is 0 Å². The Labute approximate surface area is 105 Å². The van der Waals surface area contributed by atoms with E-state index in [2.05, 4.69) is 5.43 Å². The predicted molar refractivity (Wildman–Crippen MR) is 64.1 cm³/mol. The van der Waals surface area contributed by atoms with Crippen LogP contribution in [0.3, 0.4) is 0 Å². The monoisotopic (exact) mass is 266 g/mol. The number of benzene rings is 1. The van der Waals surface area contributed by atoms with E-state index < -0.39 is 5.92 Å². The zero-order valence-corrected chi connectivity index (χ0v) is 10.0. The first-order chi connectivity index (χ1) is 7.19. The fourth-order valence-electron chi connectivity index (χ4n) is 1.35. The molecule has 90 valence electrons. The van der Waals surface area contributed by atoms with Gasteiger partial charge < -0.3 is 0 Å². The van der Waals surface area contributed by atoms with Gasteiger partial charge in [0.15, 0.2) is 0 Å². The van der Waals surface area contributed by atoms with Crippen LogP contribution in [0, 0.1) is 5.82 Å². The van der Waals surface area contributed by atoms with Gasteiger partial charge in [0.2, 0.25) is 5.91 Å². The molecule has 1 aromatic carbocycles. The summed E-state index contributed by atoms with van der Waals surface area (Å²) < 4.78 is 12.7. The highest BCUT2D eigenvalue weighted by Crippen LogP contribution is 2.20. The van der Waals surface area contributed by atoms with Crippen molar-refractivity contribution in [1.29, 1.82) is 0 Å². The van der Waals surface area contributed by atoms with Crippen molar-refractivity contribution in [2.24, 2.45) is 5.84 Å². The smallest absolute Gasteiger partial charge is 0.241 e. The van der Waals surface area contributed by atoms with Gasteiger partial charge in [0.05, 0.1) is 5.92 Å². The van der Waals surface area contributed by atoms with Crippen LogP contribution in [0.1, 0.15) is 17.9 Å². The molecule has 0 aromatic heterocycles. The van der Waals surface area contributed by atoms with E-state index in [1.165, 1.54) is 12.1 Å². The molecule has 1 atom stereocenters. The molecule has 0 aliphatic carbocycles. The van der Waals surface area contributed by atoms with Gasteiger partial charge in [-0.3, -0.25) is 10.2 Å². The first kappa shape index (κ1) is 15.2. The quantitative estimate of drug-likeness (QED) is 0.379. The average molecular weight is 267 g/mol. The minimum Gasteiger partial charge on any atom is -0.294 e. The summed E-state index contributed by atoms with van der Waals surface area (Å²) in [4.78, 5) is 11.4. The highest BCUT2D eigenvalue weighted by atomic mass is 35.5. The van der Waals surface area contributed by atoms with Crippen LogP contribution in [0.25, 0.3) is 0 Å². The number of nitrogens with one attached hydrogen (secondary N) is 1. The molecule has 1 aromatic rings. The van der Waals surface area contributed by atoms with Gasteiger partial charge in [0, 0.05) is 5.88 Å². The Bertz CT molecular complexity index is 332. The van der Waals surface area contributed by atoms with E-state index in [1.807, 2.05) is 0 Å². The Morgan fingerprint density at radius 1 is 1.44 bits per heavy atom. The van der Waals surface area contributed by atoms with E-state index in [0.29, 0.717) is 17.9 Å². The summed E-state index contributed by atoms with van der Waals surface area (Å²) in [6, 6.07) is 5.73. The number of nitrogens with two attached hydrogens (primary N) is 1. The van der Waals surface area contributed by atoms with Crippen molar-refractivity contribution >= 4 is 29.9 Å². The number of halogens is 3. The molecule has 1 rings (SSSR count). The van der Waals surface area contributed by atoms with Crippen molar-refractivity contribution < 1.29 is 9.18 Å². The summed E-state index contributed by atoms with van der Waals surface area (Å²) in [5.74, 6) is 4.32. The lowest BCUT2D eigenvalue weighted by molar-refractivity contribution is -0.122. The van der Waals surface area contributed by atoms with Gasteiger partial charge in [0.25, 0.3) is 0 Å². The molecule has 0 aliphatic rings. The van der Waals surface area contributed by atoms with Crippen LogP contribution in [0.15, 0.2) is 24.3 Å². The average Bonchev–Trinajstić information content (AvgIpc) is 2.26. The number of hydrogen-bond donors (Lipinski definition) is 2. The van der Waals surface area contributed by atoms with Gasteiger partial charge in [-0.1, -0.05) is 12.1 Å². The summed E-state index contributed by atoms with van der Waals surface area (Å²) in [5.41, 5.74) is 2.78. The van der Waals surface area contributed by atoms with Crippen molar-refractivity contribution in [2.45, 2.75) is 12.3 Å². The molecule has 0 radical (unpaired) electrons. The molecule has 0 spiro atoms. The molecule has 0 saturated heterocycles. The minimum absolute atomic E-state index is 0. The Balaban J connectivity index is 0.00000225. The first-order valence-electron chi connectivity index (χ1n) is 4.51. The number of rotatable bonds is 4. The molecule has 16 heavy (non-hydrogen) atoms. The van der Waals surface area contributed by atoms with Crippen molar-refractivity contribution in [3.05, 3.63) is 35.6 Å². The van der Waals surface area contributed by atoms with E-state index in [-0.39, 0.29) is 24.1 Å². The Hall–Kier alpha value is -0.840. The van der Waals surface area contributed by atoms with Gasteiger partial charge in [-0.15, -0.1) is 24.0 Å². The lowest BCUT2D eigenvalue weighted by Gasteiger charge is -2.13. The van der Waals surface area contributed by atoms with Crippen LogP contribution in [0.5, 0.6) is 0 Å². The number of carbonyl (C=O) groups is 1. The Morgan fingerprint density at radius 2 is 2.00 bits per heavy atom. The second kappa shape index (κ2) is 7.44. The summed E-state index contributed by atoms with van der Waals surface area (Å²) >= 11 is 5.58. The summed E-state index contributed by atoms with van der Waals surface area (Å²) in [6.07, 6.45) is 0.468. The van der Waals surface area contributed by atoms with Crippen LogP contribution < -0.4 is 11.3 Å². The van der Waals surface area contributed by atoms with Crippen LogP contribution in [-0.4, -0.2) is 11.8 Å². The Kier molecular flexibility index (Phi) is 7.05. The molecule has 0 saturated carbocycles. The highest BCUT2D eigenvalue weighted by Gasteiger charge is 2.18. The molecule has 0 fully saturated rings. The SMILES string of the molecule is Cl.NNC(=O)C(CCCl)c1ccc(F)cc1. The fraction of sp³-hybridized carbons (Fsp3) is 0.300. The minimum atomic E-state index is -0.423. The van der Waals surface area contributed by atoms with Crippen molar-refractivity contribution in [3.63, 3.8) is 0 Å². The van der Waals surface area contributed by atoms with Crippen LogP contribution in [0.2, 0.25) is 0 Å². The molecule has 0 heterocycles. The second-order valence-corrected chi connectivity index (χ2v) is 3.47. The molecule has 3 N–H and O–H groups in total. The molecule has 3 nitrogen and oxygen atoms in total. The summed E-state index contributed by atoms with van der Waals surface area (Å²) in [7, 11) is 0. The Morgan fingerprint density at radius 3 is 2.44 bits per heavy atom. The maximum atomic E-state index is 12.7. The van der Waals surface area contributed by atoms with Crippen LogP contribution in [-0.2, 0) is 4.79 Å². The lowest BCUT2D eigenvalue weighted by Crippen LogP contribution is -2.35. The molecule has 1 amide bonds. The van der Waals surface area contributed by atoms with E-state index in [4.69, 9.17) is 17.4 Å². The maximum Gasteiger partial charge on any atom is 0.241 e. The summed E-state index contributed by atoms with van der Waals surface area (Å²) in [5, 5.41) is 0. The molecule has 0 bridgehead atoms. The van der Waals surface area contributed by atoms with Gasteiger partial charge in [-0.2, -0.15) is 0 Å². The first-order valence-corrected chi connectivity index (χ1v) is 5.04. The topological polar surface area (TPSA) is 55.1 Å². The van der Waals surface area contributed by atoms with Gasteiger partial charge in [-0.05, 0) is 24.1 Å². The maximum absolute atomic E-state index is 12.7. The zero-order chi connectivity index (χ0) is 11.3. The third kappa shape index (κ3) is 3.96. The number of carbonyl (C=O) groups excluding carboxylic acids is 1. The van der Waals surface area contributed by atoms with Crippen LogP contribution >= 0.6 is 24.0 Å². The molecule has 1 unspecified atom stereocenters. The molecule has 6 heteroatoms. The van der Waals surface area contributed by atoms with Crippen molar-refractivity contribution in [1.82, 2.24) is 5.43 Å². The zero-order valence-electron chi connectivity index (χ0n) is 8.45. The van der Waals surface area contributed by atoms with E-state index >= 15 is 0 Å². The number of amides is 1. The molecule has 0 aliphatic heterocycles. The predicted octanol–water partition coefficient (Wildman–Crippen LogP) is 1.95. The van der Waals surface area contributed by atoms with Crippen molar-refractivity contribution in [3.8, 4) is 0 Å². The number of alkyl halides is 1. The largest absolute Gasteiger partial charge is 0.294 e. The highest BCUT2D eigenvalue weighted by molar-refractivity contribution is 6.18. The summed E-state index contributed by atoms with van der Waals surface area (Å²) in [6.45, 7) is 0. The number of hydrogen-bond acceptors (Lipinski definition) is 2. The van der Waals surface area contributed by atoms with E-state index in [1.54, 1.807) is 12.1 Å². The second-order valence-electron chi connectivity index (χ2n) is 3.09. The third-order valence-electron chi connectivity index (χ3n) is 2.13. The molecular weight excluding hydrogens is 254 g/mol. The lowest BCUT2D eigenvalue weighted by atomic mass is 9.96. The molecular formula is C10H13Cl2FN2O. The standard InChI is InChI=1S/C10H12ClFN2O.ClH/c11-6-5-9(10(15)14-13)7-1-3-8(12)4-2-7;/h1-4,9H,5-6,13H2,(H,14,15);1H. The van der Waals surface area contributed by atoms with Crippen molar-refractivity contribution in [2.75, 3.05) is 5.88 Å². The van der Waals surface area contributed by atoms with Gasteiger partial charge in [-0.25, -0.2) is 10.2 Å².